The fraction of sp³-hybridized carbons (Fsp3) is 0.296. The number of esters is 1. The maximum Gasteiger partial charge on any atom is 0.365 e. The molecule has 6 N–H and O–H groups in total. The lowest BCUT2D eigenvalue weighted by Gasteiger charge is -2.25. The van der Waals surface area contributed by atoms with Gasteiger partial charge in [-0.05, 0) is 95.6 Å². The van der Waals surface area contributed by atoms with E-state index in [1.807, 2.05) is 5.48 Å². The van der Waals surface area contributed by atoms with Gasteiger partial charge >= 0.3 is 11.9 Å². The highest BCUT2D eigenvalue weighted by Gasteiger charge is 2.36. The van der Waals surface area contributed by atoms with Crippen LogP contribution < -0.4 is 26.7 Å². The molecule has 2 rings (SSSR count). The van der Waals surface area contributed by atoms with Crippen molar-refractivity contribution in [2.75, 3.05) is 44.8 Å². The van der Waals surface area contributed by atoms with Gasteiger partial charge in [-0.3, -0.25) is 28.8 Å². The fourth-order valence-electron chi connectivity index (χ4n) is 3.77. The van der Waals surface area contributed by atoms with Crippen LogP contribution in [0.1, 0.15) is 60.8 Å². The third kappa shape index (κ3) is 9.49. The minimum absolute atomic E-state index is 0.0211. The minimum atomic E-state index is -1.22. The Kier molecular flexibility index (Phi) is 16.3. The van der Waals surface area contributed by atoms with Gasteiger partial charge in [0.05, 0.1) is 62.1 Å². The Morgan fingerprint density at radius 1 is 0.729 bits per heavy atom. The van der Waals surface area contributed by atoms with Crippen molar-refractivity contribution in [3.05, 3.63) is 54.7 Å². The lowest BCUT2D eigenvalue weighted by atomic mass is 9.96. The quantitative estimate of drug-likeness (QED) is 0.0894. The van der Waals surface area contributed by atoms with Crippen molar-refractivity contribution in [3.8, 4) is 0 Å². The summed E-state index contributed by atoms with van der Waals surface area (Å²) in [5.41, 5.74) is 5.78. The molecule has 0 heterocycles. The van der Waals surface area contributed by atoms with E-state index < -0.39 is 60.1 Å². The highest BCUT2D eigenvalue weighted by molar-refractivity contribution is 9.12. The maximum atomic E-state index is 14.6. The lowest BCUT2D eigenvalue weighted by Crippen LogP contribution is -2.33. The summed E-state index contributed by atoms with van der Waals surface area (Å²) in [6.07, 6.45) is 0. The summed E-state index contributed by atoms with van der Waals surface area (Å²) in [5, 5.41) is 14.3. The molecule has 0 aromatic heterocycles. The number of aliphatic hydroxyl groups is 1. The zero-order chi connectivity index (χ0) is 36.6. The Labute approximate surface area is 323 Å². The molecule has 0 atom stereocenters. The molecule has 4 amide bonds. The van der Waals surface area contributed by atoms with Crippen LogP contribution in [-0.2, 0) is 24.0 Å². The number of carbonyl (C=O) groups excluding carboxylic acids is 7. The summed E-state index contributed by atoms with van der Waals surface area (Å²) >= 11 is 19.9. The van der Waals surface area contributed by atoms with Crippen molar-refractivity contribution < 1.29 is 48.2 Å². The van der Waals surface area contributed by atoms with E-state index in [9.17, 15) is 38.7 Å². The van der Waals surface area contributed by atoms with Crippen LogP contribution in [0.4, 0.5) is 5.69 Å². The number of nitrogens with two attached hydrogens (primary N) is 1. The zero-order valence-corrected chi connectivity index (χ0v) is 34.5. The van der Waals surface area contributed by atoms with Gasteiger partial charge in [0.1, 0.15) is 6.61 Å². The molecule has 2 aromatic rings. The number of nitrogens with one attached hydrogen (secondary N) is 3. The van der Waals surface area contributed by atoms with E-state index in [4.69, 9.17) is 15.3 Å². The molecular formula is C27H25Br6N5O10. The van der Waals surface area contributed by atoms with Crippen LogP contribution >= 0.6 is 95.6 Å². The number of carbonyl (C=O) groups is 7. The monoisotopic (exact) mass is 1050 g/mol. The number of amides is 4. The Morgan fingerprint density at radius 2 is 1.19 bits per heavy atom. The van der Waals surface area contributed by atoms with Gasteiger partial charge in [0.25, 0.3) is 17.7 Å². The predicted molar refractivity (Wildman–Crippen MR) is 193 cm³/mol. The fourth-order valence-corrected chi connectivity index (χ4v) is 10.0. The molecular weight excluding hydrogens is 1030 g/mol. The number of ether oxygens (including phenoxy) is 1. The first-order chi connectivity index (χ1) is 22.4. The first-order valence-electron chi connectivity index (χ1n) is 13.1. The molecule has 0 unspecified atom stereocenters. The van der Waals surface area contributed by atoms with Crippen LogP contribution in [-0.4, -0.2) is 86.4 Å². The molecule has 0 bridgehead atoms. The van der Waals surface area contributed by atoms with Crippen molar-refractivity contribution in [1.82, 2.24) is 16.1 Å². The standard InChI is InChI=1S/C27H25Br6N5O10/c1-9(40)38(3)23-21(32)13(18(29)15(22(23)33)26(45)36-5-7-47-10(2)41)24(43)12-17(28)14(25(44)35-4-6-39)20(31)16(19(12)30)27(46)48-37-11(42)8-34/h39H,4-8,34H2,1-3H3,(H,35,44)(H,36,45)(H,37,42). The number of hydroxylamine groups is 1. The molecule has 0 aliphatic rings. The number of aliphatic hydroxyl groups excluding tert-OH is 1. The van der Waals surface area contributed by atoms with Crippen molar-refractivity contribution >= 4 is 143 Å². The van der Waals surface area contributed by atoms with Crippen molar-refractivity contribution in [3.63, 3.8) is 0 Å². The Bertz CT molecular complexity index is 1700. The van der Waals surface area contributed by atoms with Gasteiger partial charge in [0.2, 0.25) is 5.91 Å². The van der Waals surface area contributed by atoms with Gasteiger partial charge < -0.3 is 35.9 Å². The molecule has 0 fully saturated rings. The van der Waals surface area contributed by atoms with E-state index in [0.29, 0.717) is 0 Å². The average molecular weight is 1060 g/mol. The molecule has 48 heavy (non-hydrogen) atoms. The van der Waals surface area contributed by atoms with E-state index >= 15 is 0 Å². The number of ketones is 1. The van der Waals surface area contributed by atoms with E-state index in [1.165, 1.54) is 20.9 Å². The molecule has 0 aliphatic carbocycles. The van der Waals surface area contributed by atoms with Crippen LogP contribution in [0.3, 0.4) is 0 Å². The third-order valence-electron chi connectivity index (χ3n) is 6.06. The Balaban J connectivity index is 2.99. The average Bonchev–Trinajstić information content (AvgIpc) is 3.00. The lowest BCUT2D eigenvalue weighted by molar-refractivity contribution is -0.140. The van der Waals surface area contributed by atoms with Gasteiger partial charge in [-0.25, -0.2) is 4.79 Å². The summed E-state index contributed by atoms with van der Waals surface area (Å²) in [5.74, 6) is -5.57. The largest absolute Gasteiger partial charge is 0.464 e. The van der Waals surface area contributed by atoms with E-state index in [1.54, 1.807) is 0 Å². The van der Waals surface area contributed by atoms with Crippen LogP contribution in [0.25, 0.3) is 0 Å². The second-order valence-corrected chi connectivity index (χ2v) is 14.0. The van der Waals surface area contributed by atoms with Gasteiger partial charge in [-0.1, -0.05) is 0 Å². The molecule has 0 aliphatic heterocycles. The number of halogens is 6. The molecule has 0 saturated carbocycles. The van der Waals surface area contributed by atoms with E-state index in [2.05, 4.69) is 106 Å². The van der Waals surface area contributed by atoms with Crippen molar-refractivity contribution in [2.24, 2.45) is 5.73 Å². The molecule has 15 nitrogen and oxygen atoms in total. The molecule has 260 valence electrons. The van der Waals surface area contributed by atoms with E-state index in [-0.39, 0.29) is 74.5 Å². The third-order valence-corrected chi connectivity index (χ3v) is 10.8. The van der Waals surface area contributed by atoms with Crippen LogP contribution in [0.2, 0.25) is 0 Å². The second kappa shape index (κ2) is 18.6. The van der Waals surface area contributed by atoms with Gasteiger partial charge in [-0.2, -0.15) is 5.48 Å². The number of anilines is 1. The number of hydrogen-bond acceptors (Lipinski definition) is 11. The second-order valence-electron chi connectivity index (χ2n) is 9.21. The minimum Gasteiger partial charge on any atom is -0.464 e. The predicted octanol–water partition coefficient (Wildman–Crippen LogP) is 3.64. The molecule has 2 aromatic carbocycles. The maximum absolute atomic E-state index is 14.6. The Morgan fingerprint density at radius 3 is 1.69 bits per heavy atom. The summed E-state index contributed by atoms with van der Waals surface area (Å²) in [4.78, 5) is 96.0. The van der Waals surface area contributed by atoms with Crippen LogP contribution in [0, 0.1) is 0 Å². The highest BCUT2D eigenvalue weighted by Crippen LogP contribution is 2.47. The van der Waals surface area contributed by atoms with Crippen LogP contribution in [0.15, 0.2) is 26.8 Å². The number of benzene rings is 2. The smallest absolute Gasteiger partial charge is 0.365 e. The summed E-state index contributed by atoms with van der Waals surface area (Å²) in [6.45, 7) is 1.07. The Hall–Kier alpha value is -2.27. The first kappa shape index (κ1) is 41.9. The van der Waals surface area contributed by atoms with Crippen molar-refractivity contribution in [2.45, 2.75) is 13.8 Å². The topological polar surface area (TPSA) is 224 Å². The molecule has 21 heteroatoms. The van der Waals surface area contributed by atoms with Gasteiger partial charge in [0, 0.05) is 45.3 Å². The number of rotatable bonds is 12. The van der Waals surface area contributed by atoms with E-state index in [0.717, 1.165) is 4.90 Å². The SMILES string of the molecule is CC(=O)OCCNC(=O)c1c(Br)c(C(=O)c2c(Br)c(C(=O)NCCO)c(Br)c(C(=O)ONC(=O)CN)c2Br)c(Br)c(N(C)C(C)=O)c1Br. The highest BCUT2D eigenvalue weighted by atomic mass is 79.9. The summed E-state index contributed by atoms with van der Waals surface area (Å²) in [7, 11) is 1.40. The zero-order valence-electron chi connectivity index (χ0n) is 24.9. The van der Waals surface area contributed by atoms with Crippen LogP contribution in [0.5, 0.6) is 0 Å². The van der Waals surface area contributed by atoms with Gasteiger partial charge in [0.15, 0.2) is 5.78 Å². The normalized spacial score (nSPS) is 10.6. The van der Waals surface area contributed by atoms with Crippen molar-refractivity contribution in [1.29, 1.82) is 0 Å². The first-order valence-corrected chi connectivity index (χ1v) is 17.9. The number of nitrogens with zero attached hydrogens (tertiary/aromatic N) is 1. The molecule has 0 radical (unpaired) electrons. The molecule has 0 spiro atoms. The summed E-state index contributed by atoms with van der Waals surface area (Å²) < 4.78 is 4.38. The number of hydrogen-bond donors (Lipinski definition) is 5. The molecule has 0 saturated heterocycles. The van der Waals surface area contributed by atoms with Gasteiger partial charge in [-0.15, -0.1) is 0 Å². The summed E-state index contributed by atoms with van der Waals surface area (Å²) in [6, 6.07) is 0.